The lowest BCUT2D eigenvalue weighted by Gasteiger charge is -2.11. The molecule has 0 bridgehead atoms. The molecular formula is C22H21N5OS2. The SMILES string of the molecule is CCCCSCSc1c(C#N)nc(-c2ccc3c(=O)n(C)ccc3c2)c2nccn12. The van der Waals surface area contributed by atoms with Crippen molar-refractivity contribution in [2.24, 2.45) is 7.05 Å². The van der Waals surface area contributed by atoms with Crippen molar-refractivity contribution < 1.29 is 0 Å². The first kappa shape index (κ1) is 20.5. The summed E-state index contributed by atoms with van der Waals surface area (Å²) in [6.07, 6.45) is 7.73. The normalized spacial score (nSPS) is 11.2. The van der Waals surface area contributed by atoms with Gasteiger partial charge in [-0.25, -0.2) is 9.97 Å². The van der Waals surface area contributed by atoms with E-state index in [1.807, 2.05) is 46.6 Å². The summed E-state index contributed by atoms with van der Waals surface area (Å²) in [5.41, 5.74) is 2.53. The highest BCUT2D eigenvalue weighted by Crippen LogP contribution is 2.31. The number of hydrogen-bond acceptors (Lipinski definition) is 6. The Bertz CT molecular complexity index is 1320. The predicted octanol–water partition coefficient (Wildman–Crippen LogP) is 4.70. The number of imidazole rings is 1. The van der Waals surface area contributed by atoms with Gasteiger partial charge in [0, 0.05) is 41.7 Å². The first-order valence-corrected chi connectivity index (χ1v) is 11.9. The van der Waals surface area contributed by atoms with Crippen LogP contribution in [-0.2, 0) is 7.05 Å². The van der Waals surface area contributed by atoms with E-state index in [2.05, 4.69) is 23.0 Å². The average Bonchev–Trinajstić information content (AvgIpc) is 3.25. The maximum absolute atomic E-state index is 12.3. The summed E-state index contributed by atoms with van der Waals surface area (Å²) in [6, 6.07) is 9.77. The molecule has 0 atom stereocenters. The molecule has 8 heteroatoms. The van der Waals surface area contributed by atoms with Crippen LogP contribution in [0.2, 0.25) is 0 Å². The number of unbranched alkanes of at least 4 members (excludes halogenated alkanes) is 1. The van der Waals surface area contributed by atoms with Gasteiger partial charge in [0.15, 0.2) is 11.3 Å². The van der Waals surface area contributed by atoms with E-state index in [-0.39, 0.29) is 5.56 Å². The number of pyridine rings is 1. The molecule has 0 radical (unpaired) electrons. The fraction of sp³-hybridized carbons (Fsp3) is 0.273. The van der Waals surface area contributed by atoms with Gasteiger partial charge in [0.1, 0.15) is 16.8 Å². The summed E-state index contributed by atoms with van der Waals surface area (Å²) >= 11 is 3.49. The number of thioether (sulfide) groups is 2. The number of benzene rings is 1. The van der Waals surface area contributed by atoms with Crippen LogP contribution >= 0.6 is 23.5 Å². The third-order valence-corrected chi connectivity index (χ3v) is 7.26. The zero-order valence-electron chi connectivity index (χ0n) is 16.8. The quantitative estimate of drug-likeness (QED) is 0.238. The summed E-state index contributed by atoms with van der Waals surface area (Å²) in [5, 5.41) is 12.9. The van der Waals surface area contributed by atoms with Crippen molar-refractivity contribution >= 4 is 39.9 Å². The standard InChI is InChI=1S/C22H21N5OS2/c1-3-4-11-29-14-30-22-18(13-23)25-19(20-24-8-10-27(20)22)16-5-6-17-15(12-16)7-9-26(2)21(17)28/h5-10,12H,3-4,11,14H2,1-2H3. The highest BCUT2D eigenvalue weighted by Gasteiger charge is 2.17. The van der Waals surface area contributed by atoms with Crippen molar-refractivity contribution in [2.75, 3.05) is 10.8 Å². The monoisotopic (exact) mass is 435 g/mol. The Morgan fingerprint density at radius 3 is 2.90 bits per heavy atom. The zero-order valence-corrected chi connectivity index (χ0v) is 18.5. The van der Waals surface area contributed by atoms with Gasteiger partial charge in [-0.15, -0.1) is 0 Å². The minimum atomic E-state index is -0.0389. The second-order valence-electron chi connectivity index (χ2n) is 6.90. The zero-order chi connectivity index (χ0) is 21.1. The number of aromatic nitrogens is 4. The van der Waals surface area contributed by atoms with Crippen LogP contribution in [0.4, 0.5) is 0 Å². The Kier molecular flexibility index (Phi) is 6.11. The molecule has 4 aromatic rings. The van der Waals surface area contributed by atoms with E-state index in [9.17, 15) is 10.1 Å². The Morgan fingerprint density at radius 1 is 1.23 bits per heavy atom. The molecule has 0 amide bonds. The minimum Gasteiger partial charge on any atom is -0.318 e. The molecule has 0 saturated carbocycles. The lowest BCUT2D eigenvalue weighted by molar-refractivity contribution is 0.873. The van der Waals surface area contributed by atoms with Gasteiger partial charge in [0.25, 0.3) is 5.56 Å². The first-order chi connectivity index (χ1) is 14.6. The van der Waals surface area contributed by atoms with Gasteiger partial charge in [-0.2, -0.15) is 17.0 Å². The Labute approximate surface area is 183 Å². The van der Waals surface area contributed by atoms with E-state index >= 15 is 0 Å². The van der Waals surface area contributed by atoms with Crippen molar-refractivity contribution in [3.05, 3.63) is 58.9 Å². The molecule has 30 heavy (non-hydrogen) atoms. The summed E-state index contributed by atoms with van der Waals surface area (Å²) < 4.78 is 3.51. The summed E-state index contributed by atoms with van der Waals surface area (Å²) in [6.45, 7) is 2.18. The molecule has 0 aliphatic rings. The van der Waals surface area contributed by atoms with E-state index in [4.69, 9.17) is 0 Å². The van der Waals surface area contributed by atoms with Gasteiger partial charge in [-0.3, -0.25) is 9.20 Å². The fourth-order valence-electron chi connectivity index (χ4n) is 3.27. The van der Waals surface area contributed by atoms with Crippen molar-refractivity contribution in [3.8, 4) is 17.3 Å². The maximum Gasteiger partial charge on any atom is 0.258 e. The highest BCUT2D eigenvalue weighted by atomic mass is 32.2. The second kappa shape index (κ2) is 8.94. The number of aryl methyl sites for hydroxylation is 1. The summed E-state index contributed by atoms with van der Waals surface area (Å²) in [4.78, 5) is 21.5. The van der Waals surface area contributed by atoms with Crippen LogP contribution in [0.15, 0.2) is 52.7 Å². The third kappa shape index (κ3) is 3.83. The van der Waals surface area contributed by atoms with E-state index in [1.165, 1.54) is 12.8 Å². The molecule has 0 N–H and O–H groups in total. The van der Waals surface area contributed by atoms with E-state index < -0.39 is 0 Å². The molecule has 4 rings (SSSR count). The number of hydrogen-bond donors (Lipinski definition) is 0. The highest BCUT2D eigenvalue weighted by molar-refractivity contribution is 8.16. The lowest BCUT2D eigenvalue weighted by Crippen LogP contribution is -2.15. The largest absolute Gasteiger partial charge is 0.318 e. The van der Waals surface area contributed by atoms with Gasteiger partial charge in [0.05, 0.1) is 0 Å². The van der Waals surface area contributed by atoms with Crippen LogP contribution in [0.25, 0.3) is 27.7 Å². The molecule has 152 valence electrons. The van der Waals surface area contributed by atoms with Crippen molar-refractivity contribution in [3.63, 3.8) is 0 Å². The van der Waals surface area contributed by atoms with Gasteiger partial charge in [0.2, 0.25) is 0 Å². The Morgan fingerprint density at radius 2 is 2.10 bits per heavy atom. The fourth-order valence-corrected chi connectivity index (χ4v) is 5.52. The maximum atomic E-state index is 12.3. The van der Waals surface area contributed by atoms with Crippen molar-refractivity contribution in [2.45, 2.75) is 24.8 Å². The van der Waals surface area contributed by atoms with Crippen molar-refractivity contribution in [1.29, 1.82) is 5.26 Å². The van der Waals surface area contributed by atoms with Crippen LogP contribution in [0, 0.1) is 11.3 Å². The number of rotatable bonds is 7. The minimum absolute atomic E-state index is 0.0389. The van der Waals surface area contributed by atoms with E-state index in [0.717, 1.165) is 26.8 Å². The van der Waals surface area contributed by atoms with E-state index in [0.29, 0.717) is 22.4 Å². The molecule has 3 heterocycles. The topological polar surface area (TPSA) is 76.0 Å². The lowest BCUT2D eigenvalue weighted by atomic mass is 10.1. The van der Waals surface area contributed by atoms with Crippen LogP contribution in [-0.4, -0.2) is 29.8 Å². The predicted molar refractivity (Wildman–Crippen MR) is 124 cm³/mol. The molecule has 3 aromatic heterocycles. The molecule has 6 nitrogen and oxygen atoms in total. The summed E-state index contributed by atoms with van der Waals surface area (Å²) in [7, 11) is 1.74. The van der Waals surface area contributed by atoms with Crippen LogP contribution in [0.1, 0.15) is 25.5 Å². The molecule has 0 spiro atoms. The van der Waals surface area contributed by atoms with Crippen LogP contribution in [0.5, 0.6) is 0 Å². The molecular weight excluding hydrogens is 414 g/mol. The van der Waals surface area contributed by atoms with E-state index in [1.54, 1.807) is 35.8 Å². The van der Waals surface area contributed by atoms with Gasteiger partial charge < -0.3 is 4.57 Å². The molecule has 0 saturated heterocycles. The molecule has 0 fully saturated rings. The van der Waals surface area contributed by atoms with Gasteiger partial charge in [-0.1, -0.05) is 31.2 Å². The number of nitrogens with zero attached hydrogens (tertiary/aromatic N) is 5. The molecule has 0 unspecified atom stereocenters. The van der Waals surface area contributed by atoms with Gasteiger partial charge in [-0.05, 0) is 35.8 Å². The number of fused-ring (bicyclic) bond motifs is 2. The van der Waals surface area contributed by atoms with Crippen LogP contribution < -0.4 is 5.56 Å². The smallest absolute Gasteiger partial charge is 0.258 e. The Hall–Kier alpha value is -2.76. The third-order valence-electron chi connectivity index (χ3n) is 4.88. The average molecular weight is 436 g/mol. The first-order valence-electron chi connectivity index (χ1n) is 9.71. The van der Waals surface area contributed by atoms with Gasteiger partial charge >= 0.3 is 0 Å². The Balaban J connectivity index is 1.77. The molecule has 0 aliphatic carbocycles. The van der Waals surface area contributed by atoms with Crippen LogP contribution in [0.3, 0.4) is 0 Å². The summed E-state index contributed by atoms with van der Waals surface area (Å²) in [5.74, 6) is 1.11. The molecule has 1 aromatic carbocycles. The molecule has 0 aliphatic heterocycles. The number of nitriles is 1. The van der Waals surface area contributed by atoms with Crippen molar-refractivity contribution in [1.82, 2.24) is 18.9 Å². The second-order valence-corrected chi connectivity index (χ2v) is 9.34.